The van der Waals surface area contributed by atoms with Crippen molar-refractivity contribution < 1.29 is 13.2 Å². The van der Waals surface area contributed by atoms with Gasteiger partial charge in [-0.1, -0.05) is 6.92 Å². The van der Waals surface area contributed by atoms with E-state index in [9.17, 15) is 13.2 Å². The number of nitrogens with two attached hydrogens (primary N) is 1. The normalized spacial score (nSPS) is 30.9. The van der Waals surface area contributed by atoms with Gasteiger partial charge in [-0.15, -0.1) is 0 Å². The Morgan fingerprint density at radius 2 is 2.11 bits per heavy atom. The van der Waals surface area contributed by atoms with Gasteiger partial charge in [0.2, 0.25) is 0 Å². The minimum Gasteiger partial charge on any atom is -0.330 e. The van der Waals surface area contributed by atoms with E-state index in [-0.39, 0.29) is 13.0 Å². The molecule has 1 aromatic heterocycles. The van der Waals surface area contributed by atoms with Crippen molar-refractivity contribution in [3.8, 4) is 0 Å². The van der Waals surface area contributed by atoms with Crippen LogP contribution in [0.1, 0.15) is 43.0 Å². The van der Waals surface area contributed by atoms with Crippen molar-refractivity contribution in [2.45, 2.75) is 51.4 Å². The fraction of sp³-hybridized carbons (Fsp3) is 0.769. The molecule has 106 valence electrons. The van der Waals surface area contributed by atoms with Crippen LogP contribution >= 0.6 is 0 Å². The van der Waals surface area contributed by atoms with Gasteiger partial charge in [-0.25, -0.2) is 4.98 Å². The number of nitrogens with zero attached hydrogens (tertiary/aromatic N) is 2. The smallest absolute Gasteiger partial charge is 0.330 e. The molecule has 0 amide bonds. The third-order valence-electron chi connectivity index (χ3n) is 4.34. The van der Waals surface area contributed by atoms with Gasteiger partial charge in [-0.05, 0) is 31.6 Å². The number of fused-ring (bicyclic) bond motifs is 3. The van der Waals surface area contributed by atoms with Gasteiger partial charge >= 0.3 is 6.18 Å². The average Bonchev–Trinajstić information content (AvgIpc) is 2.67. The molecule has 6 heteroatoms. The number of imidazole rings is 1. The fourth-order valence-corrected chi connectivity index (χ4v) is 3.23. The molecule has 1 aromatic rings. The van der Waals surface area contributed by atoms with Gasteiger partial charge in [0.15, 0.2) is 0 Å². The fourth-order valence-electron chi connectivity index (χ4n) is 3.23. The zero-order valence-electron chi connectivity index (χ0n) is 10.9. The number of rotatable bonds is 0. The van der Waals surface area contributed by atoms with Gasteiger partial charge in [0, 0.05) is 12.2 Å². The molecule has 0 bridgehead atoms. The Hall–Kier alpha value is -1.04. The maximum Gasteiger partial charge on any atom is 0.393 e. The van der Waals surface area contributed by atoms with E-state index in [2.05, 4.69) is 11.9 Å². The van der Waals surface area contributed by atoms with Crippen LogP contribution in [-0.2, 0) is 19.4 Å². The molecule has 3 atom stereocenters. The first-order chi connectivity index (χ1) is 8.86. The van der Waals surface area contributed by atoms with Crippen LogP contribution in [0, 0.1) is 11.8 Å². The van der Waals surface area contributed by atoms with E-state index in [4.69, 9.17) is 5.73 Å². The zero-order chi connectivity index (χ0) is 13.8. The molecule has 0 saturated heterocycles. The summed E-state index contributed by atoms with van der Waals surface area (Å²) in [4.78, 5) is 4.49. The second-order valence-corrected chi connectivity index (χ2v) is 5.90. The third kappa shape index (κ3) is 2.16. The van der Waals surface area contributed by atoms with Crippen molar-refractivity contribution >= 4 is 0 Å². The van der Waals surface area contributed by atoms with Crippen LogP contribution in [0.3, 0.4) is 0 Å². The maximum absolute atomic E-state index is 12.9. The lowest BCUT2D eigenvalue weighted by molar-refractivity contribution is -0.184. The maximum atomic E-state index is 12.9. The highest BCUT2D eigenvalue weighted by molar-refractivity contribution is 5.24. The highest BCUT2D eigenvalue weighted by Crippen LogP contribution is 2.40. The van der Waals surface area contributed by atoms with Crippen LogP contribution in [0.4, 0.5) is 13.2 Å². The van der Waals surface area contributed by atoms with E-state index in [1.165, 1.54) is 0 Å². The second-order valence-electron chi connectivity index (χ2n) is 5.90. The van der Waals surface area contributed by atoms with Crippen LogP contribution in [0.5, 0.6) is 0 Å². The lowest BCUT2D eigenvalue weighted by Crippen LogP contribution is -2.37. The Bertz CT molecular complexity index is 492. The van der Waals surface area contributed by atoms with Crippen molar-refractivity contribution in [1.82, 2.24) is 9.55 Å². The lowest BCUT2D eigenvalue weighted by atomic mass is 9.90. The average molecular weight is 273 g/mol. The molecule has 2 heterocycles. The van der Waals surface area contributed by atoms with Gasteiger partial charge in [0.1, 0.15) is 5.82 Å². The quantitative estimate of drug-likeness (QED) is 0.789. The zero-order valence-corrected chi connectivity index (χ0v) is 10.9. The molecule has 3 unspecified atom stereocenters. The minimum absolute atomic E-state index is 0.0123. The van der Waals surface area contributed by atoms with Gasteiger partial charge in [0.25, 0.3) is 0 Å². The summed E-state index contributed by atoms with van der Waals surface area (Å²) in [7, 11) is 0. The summed E-state index contributed by atoms with van der Waals surface area (Å²) in [6, 6.07) is -0.596. The van der Waals surface area contributed by atoms with Gasteiger partial charge < -0.3 is 10.3 Å². The Kier molecular flexibility index (Phi) is 2.89. The van der Waals surface area contributed by atoms with E-state index in [0.717, 1.165) is 30.7 Å². The van der Waals surface area contributed by atoms with E-state index in [0.29, 0.717) is 11.7 Å². The van der Waals surface area contributed by atoms with E-state index >= 15 is 0 Å². The van der Waals surface area contributed by atoms with Crippen molar-refractivity contribution in [2.75, 3.05) is 0 Å². The number of aryl methyl sites for hydroxylation is 1. The number of hydrogen-bond acceptors (Lipinski definition) is 2. The largest absolute Gasteiger partial charge is 0.393 e. The van der Waals surface area contributed by atoms with Crippen molar-refractivity contribution in [3.05, 3.63) is 17.2 Å². The molecule has 0 aromatic carbocycles. The van der Waals surface area contributed by atoms with Crippen LogP contribution in [-0.4, -0.2) is 15.7 Å². The summed E-state index contributed by atoms with van der Waals surface area (Å²) in [6.45, 7) is 2.12. The van der Waals surface area contributed by atoms with Crippen LogP contribution in [0.2, 0.25) is 0 Å². The molecular weight excluding hydrogens is 255 g/mol. The molecule has 3 nitrogen and oxygen atoms in total. The number of halogens is 3. The highest BCUT2D eigenvalue weighted by Gasteiger charge is 2.45. The second kappa shape index (κ2) is 4.23. The van der Waals surface area contributed by atoms with Crippen molar-refractivity contribution in [1.29, 1.82) is 0 Å². The predicted octanol–water partition coefficient (Wildman–Crippen LogP) is 2.59. The Morgan fingerprint density at radius 1 is 1.37 bits per heavy atom. The SMILES string of the molecule is CC1CCc2nc3n(c2C1)CC(C(F)(F)F)CC3N. The van der Waals surface area contributed by atoms with E-state index < -0.39 is 18.1 Å². The first-order valence-electron chi connectivity index (χ1n) is 6.76. The number of hydrogen-bond donors (Lipinski definition) is 1. The Morgan fingerprint density at radius 3 is 2.79 bits per heavy atom. The first kappa shape index (κ1) is 13.0. The predicted molar refractivity (Wildman–Crippen MR) is 64.5 cm³/mol. The van der Waals surface area contributed by atoms with Crippen LogP contribution in [0.15, 0.2) is 0 Å². The highest BCUT2D eigenvalue weighted by atomic mass is 19.4. The Labute approximate surface area is 110 Å². The summed E-state index contributed by atoms with van der Waals surface area (Å²) in [5.74, 6) is -0.180. The molecule has 1 aliphatic heterocycles. The van der Waals surface area contributed by atoms with E-state index in [1.807, 2.05) is 0 Å². The monoisotopic (exact) mass is 273 g/mol. The van der Waals surface area contributed by atoms with Crippen LogP contribution in [0.25, 0.3) is 0 Å². The molecule has 0 radical (unpaired) electrons. The molecule has 2 N–H and O–H groups in total. The molecule has 0 fully saturated rings. The van der Waals surface area contributed by atoms with Crippen LogP contribution < -0.4 is 5.73 Å². The summed E-state index contributed by atoms with van der Waals surface area (Å²) in [5, 5.41) is 0. The summed E-state index contributed by atoms with van der Waals surface area (Å²) in [5.41, 5.74) is 7.85. The number of alkyl halides is 3. The third-order valence-corrected chi connectivity index (χ3v) is 4.34. The Balaban J connectivity index is 1.99. The summed E-state index contributed by atoms with van der Waals surface area (Å²) >= 11 is 0. The molecule has 3 rings (SSSR count). The van der Waals surface area contributed by atoms with Gasteiger partial charge in [0.05, 0.1) is 17.7 Å². The molecule has 0 spiro atoms. The number of aromatic nitrogens is 2. The molecule has 2 aliphatic rings. The summed E-state index contributed by atoms with van der Waals surface area (Å²) < 4.78 is 40.6. The van der Waals surface area contributed by atoms with Gasteiger partial charge in [-0.2, -0.15) is 13.2 Å². The minimum atomic E-state index is -4.17. The van der Waals surface area contributed by atoms with Gasteiger partial charge in [-0.3, -0.25) is 0 Å². The topological polar surface area (TPSA) is 43.8 Å². The van der Waals surface area contributed by atoms with Crippen molar-refractivity contribution in [3.63, 3.8) is 0 Å². The van der Waals surface area contributed by atoms with Crippen molar-refractivity contribution in [2.24, 2.45) is 17.6 Å². The van der Waals surface area contributed by atoms with E-state index in [1.54, 1.807) is 4.57 Å². The summed E-state index contributed by atoms with van der Waals surface area (Å²) in [6.07, 6.45) is -1.48. The molecular formula is C13H18F3N3. The molecule has 1 aliphatic carbocycles. The standard InChI is InChI=1S/C13H18F3N3/c1-7-2-3-10-11(4-7)19-6-8(13(14,15)16)5-9(17)12(19)18-10/h7-9H,2-6,17H2,1H3. The molecule has 0 saturated carbocycles. The first-order valence-corrected chi connectivity index (χ1v) is 6.76. The molecule has 19 heavy (non-hydrogen) atoms. The lowest BCUT2D eigenvalue weighted by Gasteiger charge is -2.31.